The van der Waals surface area contributed by atoms with Gasteiger partial charge in [0.1, 0.15) is 6.54 Å². The van der Waals surface area contributed by atoms with Crippen molar-refractivity contribution in [3.8, 4) is 0 Å². The van der Waals surface area contributed by atoms with Gasteiger partial charge in [-0.05, 0) is 42.5 Å². The van der Waals surface area contributed by atoms with Gasteiger partial charge in [0.2, 0.25) is 5.91 Å². The predicted octanol–water partition coefficient (Wildman–Crippen LogP) is 3.95. The second-order valence-corrected chi connectivity index (χ2v) is 5.90. The van der Waals surface area contributed by atoms with Crippen LogP contribution in [-0.2, 0) is 11.3 Å². The molecule has 23 heavy (non-hydrogen) atoms. The number of amides is 1. The van der Waals surface area contributed by atoms with E-state index in [1.165, 1.54) is 6.07 Å². The Bertz CT molecular complexity index is 933. The first-order valence-corrected chi connectivity index (χ1v) is 7.63. The van der Waals surface area contributed by atoms with Crippen molar-refractivity contribution in [3.05, 3.63) is 75.0 Å². The van der Waals surface area contributed by atoms with E-state index >= 15 is 0 Å². The molecule has 0 unspecified atom stereocenters. The van der Waals surface area contributed by atoms with Gasteiger partial charge in [-0.15, -0.1) is 0 Å². The number of halogens is 2. The van der Waals surface area contributed by atoms with Crippen molar-refractivity contribution in [2.75, 3.05) is 5.32 Å². The summed E-state index contributed by atoms with van der Waals surface area (Å²) in [6, 6.07) is 13.3. The molecule has 0 atom stereocenters. The Kier molecular flexibility index (Phi) is 4.37. The van der Waals surface area contributed by atoms with Crippen LogP contribution in [0.1, 0.15) is 0 Å². The fraction of sp³-hybridized carbons (Fsp3) is 0.0588. The molecule has 0 radical (unpaired) electrons. The van der Waals surface area contributed by atoms with Crippen molar-refractivity contribution in [3.63, 3.8) is 0 Å². The van der Waals surface area contributed by atoms with Crippen LogP contribution < -0.4 is 10.7 Å². The van der Waals surface area contributed by atoms with Gasteiger partial charge < -0.3 is 9.88 Å². The van der Waals surface area contributed by atoms with Crippen LogP contribution in [0.2, 0.25) is 10.0 Å². The fourth-order valence-electron chi connectivity index (χ4n) is 2.31. The van der Waals surface area contributed by atoms with E-state index in [9.17, 15) is 9.59 Å². The largest absolute Gasteiger partial charge is 0.338 e. The lowest BCUT2D eigenvalue weighted by molar-refractivity contribution is -0.116. The zero-order chi connectivity index (χ0) is 16.4. The molecule has 0 aliphatic heterocycles. The van der Waals surface area contributed by atoms with E-state index in [1.807, 2.05) is 0 Å². The van der Waals surface area contributed by atoms with Gasteiger partial charge in [0, 0.05) is 33.4 Å². The molecule has 4 nitrogen and oxygen atoms in total. The summed E-state index contributed by atoms with van der Waals surface area (Å²) in [4.78, 5) is 24.1. The molecule has 1 N–H and O–H groups in total. The van der Waals surface area contributed by atoms with Crippen LogP contribution in [-0.4, -0.2) is 10.5 Å². The fourth-order valence-corrected chi connectivity index (χ4v) is 2.61. The van der Waals surface area contributed by atoms with E-state index in [-0.39, 0.29) is 17.9 Å². The lowest BCUT2D eigenvalue weighted by atomic mass is 10.2. The monoisotopic (exact) mass is 346 g/mol. The molecule has 0 fully saturated rings. The quantitative estimate of drug-likeness (QED) is 0.780. The lowest BCUT2D eigenvalue weighted by Gasteiger charge is -2.11. The Balaban J connectivity index is 1.86. The highest BCUT2D eigenvalue weighted by molar-refractivity contribution is 6.31. The standard InChI is InChI=1S/C17H12Cl2N2O2/c18-11-1-4-13(5-2-11)20-17(23)10-21-8-7-16(22)14-9-12(19)3-6-15(14)21/h1-9H,10H2,(H,20,23). The van der Waals surface area contributed by atoms with E-state index in [1.54, 1.807) is 53.2 Å². The number of fused-ring (bicyclic) bond motifs is 1. The van der Waals surface area contributed by atoms with E-state index in [0.717, 1.165) is 0 Å². The zero-order valence-corrected chi connectivity index (χ0v) is 13.4. The maximum absolute atomic E-state index is 12.2. The smallest absolute Gasteiger partial charge is 0.244 e. The molecule has 2 aromatic carbocycles. The number of carbonyl (C=O) groups is 1. The van der Waals surface area contributed by atoms with Gasteiger partial charge in [-0.2, -0.15) is 0 Å². The number of nitrogens with one attached hydrogen (secondary N) is 1. The van der Waals surface area contributed by atoms with Gasteiger partial charge in [0.25, 0.3) is 0 Å². The van der Waals surface area contributed by atoms with Crippen molar-refractivity contribution in [1.82, 2.24) is 4.57 Å². The van der Waals surface area contributed by atoms with Crippen LogP contribution in [0.25, 0.3) is 10.9 Å². The van der Waals surface area contributed by atoms with Crippen LogP contribution in [0, 0.1) is 0 Å². The third kappa shape index (κ3) is 3.55. The number of benzene rings is 2. The Labute approximate surface area is 142 Å². The molecule has 0 bridgehead atoms. The number of nitrogens with zero attached hydrogens (tertiary/aromatic N) is 1. The molecule has 3 rings (SSSR count). The highest BCUT2D eigenvalue weighted by Crippen LogP contribution is 2.17. The number of rotatable bonds is 3. The Morgan fingerprint density at radius 3 is 2.43 bits per heavy atom. The first-order chi connectivity index (χ1) is 11.0. The van der Waals surface area contributed by atoms with Crippen LogP contribution in [0.15, 0.2) is 59.5 Å². The number of aromatic nitrogens is 1. The second kappa shape index (κ2) is 6.44. The summed E-state index contributed by atoms with van der Waals surface area (Å²) in [6.07, 6.45) is 1.60. The van der Waals surface area contributed by atoms with E-state index in [4.69, 9.17) is 23.2 Å². The number of hydrogen-bond acceptors (Lipinski definition) is 2. The van der Waals surface area contributed by atoms with Gasteiger partial charge in [-0.3, -0.25) is 9.59 Å². The molecule has 0 saturated heterocycles. The average molecular weight is 347 g/mol. The predicted molar refractivity (Wildman–Crippen MR) is 93.3 cm³/mol. The minimum absolute atomic E-state index is 0.0844. The molecule has 0 aliphatic carbocycles. The van der Waals surface area contributed by atoms with E-state index < -0.39 is 0 Å². The maximum atomic E-state index is 12.2. The number of pyridine rings is 1. The number of hydrogen-bond donors (Lipinski definition) is 1. The summed E-state index contributed by atoms with van der Waals surface area (Å²) in [5.41, 5.74) is 1.19. The summed E-state index contributed by atoms with van der Waals surface area (Å²) in [7, 11) is 0. The highest BCUT2D eigenvalue weighted by atomic mass is 35.5. The Hall–Kier alpha value is -2.30. The summed E-state index contributed by atoms with van der Waals surface area (Å²) < 4.78 is 1.71. The number of anilines is 1. The third-order valence-electron chi connectivity index (χ3n) is 3.38. The van der Waals surface area contributed by atoms with Crippen LogP contribution >= 0.6 is 23.2 Å². The van der Waals surface area contributed by atoms with Gasteiger partial charge in [0.05, 0.1) is 5.52 Å². The molecule has 1 aromatic heterocycles. The van der Waals surface area contributed by atoms with E-state index in [0.29, 0.717) is 26.6 Å². The Morgan fingerprint density at radius 2 is 1.70 bits per heavy atom. The van der Waals surface area contributed by atoms with Crippen molar-refractivity contribution < 1.29 is 4.79 Å². The summed E-state index contributed by atoms with van der Waals surface area (Å²) in [6.45, 7) is 0.0844. The molecular formula is C17H12Cl2N2O2. The van der Waals surface area contributed by atoms with Gasteiger partial charge in [0.15, 0.2) is 5.43 Å². The zero-order valence-electron chi connectivity index (χ0n) is 11.9. The minimum Gasteiger partial charge on any atom is -0.338 e. The summed E-state index contributed by atoms with van der Waals surface area (Å²) >= 11 is 11.7. The molecule has 1 amide bonds. The minimum atomic E-state index is -0.202. The first-order valence-electron chi connectivity index (χ1n) is 6.87. The molecule has 3 aromatic rings. The molecular weight excluding hydrogens is 335 g/mol. The van der Waals surface area contributed by atoms with Crippen molar-refractivity contribution in [2.45, 2.75) is 6.54 Å². The van der Waals surface area contributed by atoms with E-state index in [2.05, 4.69) is 5.32 Å². The van der Waals surface area contributed by atoms with Crippen LogP contribution in [0.4, 0.5) is 5.69 Å². The average Bonchev–Trinajstić information content (AvgIpc) is 2.52. The maximum Gasteiger partial charge on any atom is 0.244 e. The van der Waals surface area contributed by atoms with Gasteiger partial charge in [-0.1, -0.05) is 23.2 Å². The van der Waals surface area contributed by atoms with Gasteiger partial charge >= 0.3 is 0 Å². The summed E-state index contributed by atoms with van der Waals surface area (Å²) in [5.74, 6) is -0.202. The van der Waals surface area contributed by atoms with Gasteiger partial charge in [-0.25, -0.2) is 0 Å². The van der Waals surface area contributed by atoms with Crippen molar-refractivity contribution >= 4 is 45.7 Å². The highest BCUT2D eigenvalue weighted by Gasteiger charge is 2.08. The molecule has 0 spiro atoms. The first kappa shape index (κ1) is 15.6. The SMILES string of the molecule is O=C(Cn1ccc(=O)c2cc(Cl)ccc21)Nc1ccc(Cl)cc1. The molecule has 6 heteroatoms. The molecule has 116 valence electrons. The van der Waals surface area contributed by atoms with Crippen LogP contribution in [0.3, 0.4) is 0 Å². The van der Waals surface area contributed by atoms with Crippen molar-refractivity contribution in [1.29, 1.82) is 0 Å². The third-order valence-corrected chi connectivity index (χ3v) is 3.87. The topological polar surface area (TPSA) is 51.1 Å². The summed E-state index contributed by atoms with van der Waals surface area (Å²) in [5, 5.41) is 4.36. The lowest BCUT2D eigenvalue weighted by Crippen LogP contribution is -2.20. The number of carbonyl (C=O) groups excluding carboxylic acids is 1. The molecule has 1 heterocycles. The molecule has 0 saturated carbocycles. The van der Waals surface area contributed by atoms with Crippen LogP contribution in [0.5, 0.6) is 0 Å². The van der Waals surface area contributed by atoms with Crippen molar-refractivity contribution in [2.24, 2.45) is 0 Å². The normalized spacial score (nSPS) is 10.7. The molecule has 0 aliphatic rings. The second-order valence-electron chi connectivity index (χ2n) is 5.02. The Morgan fingerprint density at radius 1 is 1.00 bits per heavy atom.